The third-order valence-electron chi connectivity index (χ3n) is 1.98. The second-order valence-corrected chi connectivity index (χ2v) is 5.08. The number of thioether (sulfide) groups is 1. The van der Waals surface area contributed by atoms with Crippen molar-refractivity contribution >= 4 is 11.8 Å². The van der Waals surface area contributed by atoms with Crippen LogP contribution in [-0.4, -0.2) is 16.0 Å². The summed E-state index contributed by atoms with van der Waals surface area (Å²) >= 11 is 1.54. The van der Waals surface area contributed by atoms with Gasteiger partial charge in [-0.3, -0.25) is 0 Å². The number of aromatic nitrogens is 2. The van der Waals surface area contributed by atoms with E-state index in [4.69, 9.17) is 9.68 Å². The van der Waals surface area contributed by atoms with Gasteiger partial charge in [-0.2, -0.15) is 5.26 Å². The molecule has 1 heterocycles. The van der Waals surface area contributed by atoms with Gasteiger partial charge < -0.3 is 4.42 Å². The number of nitriles is 1. The average Bonchev–Trinajstić information content (AvgIpc) is 2.59. The fourth-order valence-electron chi connectivity index (χ4n) is 1.07. The molecule has 0 bridgehead atoms. The molecule has 0 unspecified atom stereocenters. The lowest BCUT2D eigenvalue weighted by Gasteiger charge is -2.13. The fraction of sp³-hybridized carbons (Fsp3) is 0.700. The van der Waals surface area contributed by atoms with Crippen LogP contribution in [0.3, 0.4) is 0 Å². The summed E-state index contributed by atoms with van der Waals surface area (Å²) < 4.78 is 5.22. The van der Waals surface area contributed by atoms with Gasteiger partial charge in [-0.25, -0.2) is 0 Å². The van der Waals surface area contributed by atoms with Crippen molar-refractivity contribution in [2.24, 2.45) is 5.41 Å². The maximum atomic E-state index is 8.82. The van der Waals surface area contributed by atoms with Crippen LogP contribution in [0.15, 0.2) is 9.64 Å². The van der Waals surface area contributed by atoms with Crippen molar-refractivity contribution in [3.05, 3.63) is 5.89 Å². The molecule has 1 aromatic heterocycles. The number of nitrogens with zero attached hydrogens (tertiary/aromatic N) is 3. The predicted molar refractivity (Wildman–Crippen MR) is 58.4 cm³/mol. The van der Waals surface area contributed by atoms with Gasteiger partial charge in [0.15, 0.2) is 0 Å². The monoisotopic (exact) mass is 225 g/mol. The molecule has 0 radical (unpaired) electrons. The van der Waals surface area contributed by atoms with E-state index in [1.807, 2.05) is 13.8 Å². The highest BCUT2D eigenvalue weighted by Crippen LogP contribution is 2.24. The highest BCUT2D eigenvalue weighted by atomic mass is 32.2. The molecule has 0 aliphatic heterocycles. The van der Waals surface area contributed by atoms with Crippen molar-refractivity contribution in [1.29, 1.82) is 5.26 Å². The molecule has 0 spiro atoms. The molecule has 0 saturated heterocycles. The number of hydrogen-bond donors (Lipinski definition) is 0. The number of hydrogen-bond acceptors (Lipinski definition) is 5. The Morgan fingerprint density at radius 2 is 2.20 bits per heavy atom. The summed E-state index contributed by atoms with van der Waals surface area (Å²) in [4.78, 5) is 0. The van der Waals surface area contributed by atoms with E-state index < -0.39 is 0 Å². The van der Waals surface area contributed by atoms with Crippen LogP contribution in [0, 0.1) is 23.7 Å². The zero-order valence-corrected chi connectivity index (χ0v) is 10.1. The van der Waals surface area contributed by atoms with Crippen LogP contribution >= 0.6 is 11.8 Å². The van der Waals surface area contributed by atoms with Gasteiger partial charge in [0.25, 0.3) is 5.22 Å². The first-order valence-electron chi connectivity index (χ1n) is 4.88. The van der Waals surface area contributed by atoms with Crippen molar-refractivity contribution in [2.45, 2.75) is 38.8 Å². The lowest BCUT2D eigenvalue weighted by molar-refractivity contribution is 0.427. The summed E-state index contributed by atoms with van der Waals surface area (Å²) in [6.45, 7) is 5.68. The zero-order valence-electron chi connectivity index (χ0n) is 9.28. The minimum absolute atomic E-state index is 0.231. The molecule has 5 heteroatoms. The largest absolute Gasteiger partial charge is 0.416 e. The van der Waals surface area contributed by atoms with Gasteiger partial charge >= 0.3 is 0 Å². The van der Waals surface area contributed by atoms with Gasteiger partial charge in [0.05, 0.1) is 11.5 Å². The van der Waals surface area contributed by atoms with Crippen LogP contribution in [0.25, 0.3) is 0 Å². The fourth-order valence-corrected chi connectivity index (χ4v) is 1.81. The molecule has 0 saturated carbocycles. The van der Waals surface area contributed by atoms with Crippen LogP contribution in [0.5, 0.6) is 0 Å². The Kier molecular flexibility index (Phi) is 4.15. The molecule has 0 atom stereocenters. The lowest BCUT2D eigenvalue weighted by atomic mass is 9.90. The maximum Gasteiger partial charge on any atom is 0.276 e. The number of rotatable bonds is 5. The predicted octanol–water partition coefficient (Wildman–Crippen LogP) is 2.80. The van der Waals surface area contributed by atoms with E-state index in [0.29, 0.717) is 11.1 Å². The molecule has 1 aromatic rings. The summed E-state index contributed by atoms with van der Waals surface area (Å²) in [5, 5.41) is 17.1. The summed E-state index contributed by atoms with van der Waals surface area (Å²) in [5.74, 6) is 1.50. The highest BCUT2D eigenvalue weighted by Gasteiger charge is 2.15. The Hall–Kier alpha value is -1.02. The SMILES string of the molecule is Cc1nnc(SCCCC(C)(C)C#N)o1. The molecule has 0 aromatic carbocycles. The molecule has 0 N–H and O–H groups in total. The van der Waals surface area contributed by atoms with Gasteiger partial charge in [0, 0.05) is 12.7 Å². The van der Waals surface area contributed by atoms with Crippen molar-refractivity contribution in [3.63, 3.8) is 0 Å². The molecule has 15 heavy (non-hydrogen) atoms. The Labute approximate surface area is 94.1 Å². The molecule has 0 aliphatic carbocycles. The van der Waals surface area contributed by atoms with E-state index in [9.17, 15) is 0 Å². The van der Waals surface area contributed by atoms with E-state index in [1.54, 1.807) is 18.7 Å². The minimum Gasteiger partial charge on any atom is -0.416 e. The van der Waals surface area contributed by atoms with Crippen LogP contribution in [-0.2, 0) is 0 Å². The molecular formula is C10H15N3OS. The van der Waals surface area contributed by atoms with Crippen LogP contribution in [0.1, 0.15) is 32.6 Å². The van der Waals surface area contributed by atoms with Gasteiger partial charge in [0.1, 0.15) is 0 Å². The summed E-state index contributed by atoms with van der Waals surface area (Å²) in [5.41, 5.74) is -0.231. The molecule has 82 valence electrons. The standard InChI is InChI=1S/C10H15N3OS/c1-8-12-13-9(14-8)15-6-4-5-10(2,3)7-11/h4-6H2,1-3H3. The van der Waals surface area contributed by atoms with E-state index in [1.165, 1.54) is 0 Å². The first kappa shape index (κ1) is 12.1. The molecule has 1 rings (SSSR count). The molecule has 0 amide bonds. The van der Waals surface area contributed by atoms with Crippen molar-refractivity contribution in [1.82, 2.24) is 10.2 Å². The quantitative estimate of drug-likeness (QED) is 0.569. The van der Waals surface area contributed by atoms with E-state index >= 15 is 0 Å². The van der Waals surface area contributed by atoms with Crippen molar-refractivity contribution in [3.8, 4) is 6.07 Å². The average molecular weight is 225 g/mol. The Morgan fingerprint density at radius 1 is 1.47 bits per heavy atom. The van der Waals surface area contributed by atoms with Gasteiger partial charge in [-0.05, 0) is 26.7 Å². The first-order chi connectivity index (χ1) is 7.03. The van der Waals surface area contributed by atoms with Crippen molar-refractivity contribution < 1.29 is 4.42 Å². The summed E-state index contributed by atoms with van der Waals surface area (Å²) in [7, 11) is 0. The first-order valence-corrected chi connectivity index (χ1v) is 5.86. The second-order valence-electron chi connectivity index (χ2n) is 4.03. The van der Waals surface area contributed by atoms with Crippen LogP contribution < -0.4 is 0 Å². The van der Waals surface area contributed by atoms with E-state index in [-0.39, 0.29) is 5.41 Å². The van der Waals surface area contributed by atoms with E-state index in [0.717, 1.165) is 18.6 Å². The lowest BCUT2D eigenvalue weighted by Crippen LogP contribution is -2.07. The summed E-state index contributed by atoms with van der Waals surface area (Å²) in [6.07, 6.45) is 1.87. The maximum absolute atomic E-state index is 8.82. The van der Waals surface area contributed by atoms with E-state index in [2.05, 4.69) is 16.3 Å². The normalized spacial score (nSPS) is 11.3. The summed E-state index contributed by atoms with van der Waals surface area (Å²) in [6, 6.07) is 2.28. The molecule has 4 nitrogen and oxygen atoms in total. The Morgan fingerprint density at radius 3 is 2.73 bits per heavy atom. The Balaban J connectivity index is 2.21. The number of aryl methyl sites for hydroxylation is 1. The van der Waals surface area contributed by atoms with Crippen LogP contribution in [0.2, 0.25) is 0 Å². The third kappa shape index (κ3) is 4.34. The highest BCUT2D eigenvalue weighted by molar-refractivity contribution is 7.99. The third-order valence-corrected chi connectivity index (χ3v) is 2.89. The molecule has 0 aliphatic rings. The zero-order chi connectivity index (χ0) is 11.3. The molecular weight excluding hydrogens is 210 g/mol. The second kappa shape index (κ2) is 5.17. The van der Waals surface area contributed by atoms with Crippen molar-refractivity contribution in [2.75, 3.05) is 5.75 Å². The van der Waals surface area contributed by atoms with Gasteiger partial charge in [-0.15, -0.1) is 10.2 Å². The topological polar surface area (TPSA) is 62.7 Å². The minimum atomic E-state index is -0.231. The van der Waals surface area contributed by atoms with Crippen LogP contribution in [0.4, 0.5) is 0 Å². The van der Waals surface area contributed by atoms with Gasteiger partial charge in [0.2, 0.25) is 5.89 Å². The smallest absolute Gasteiger partial charge is 0.276 e. The van der Waals surface area contributed by atoms with Gasteiger partial charge in [-0.1, -0.05) is 11.8 Å². The molecule has 0 fully saturated rings. The Bertz CT molecular complexity index is 354.